The summed E-state index contributed by atoms with van der Waals surface area (Å²) in [4.78, 5) is 54.7. The minimum absolute atomic E-state index is 0.0512. The van der Waals surface area contributed by atoms with Crippen molar-refractivity contribution in [1.82, 2.24) is 20.3 Å². The SMILES string of the molecule is NCCCCC(=O)NS(=O)(=O)c1ccc(N2CCN(C3(c4ccc(Oc5ccc(Cl)cc5)cc4)C(=O)NC(=O)NC3=O)CC2)cc1. The number of piperazine rings is 1. The number of carbonyl (C=O) groups excluding carboxylic acids is 4. The molecule has 242 valence electrons. The van der Waals surface area contributed by atoms with Crippen LogP contribution in [-0.2, 0) is 29.9 Å². The number of imide groups is 2. The van der Waals surface area contributed by atoms with E-state index in [0.29, 0.717) is 54.6 Å². The number of carbonyl (C=O) groups is 4. The number of amides is 5. The number of nitrogens with zero attached hydrogens (tertiary/aromatic N) is 2. The van der Waals surface area contributed by atoms with Crippen LogP contribution < -0.4 is 30.7 Å². The maximum atomic E-state index is 13.5. The minimum atomic E-state index is -4.03. The normalized spacial score (nSPS) is 16.8. The predicted molar refractivity (Wildman–Crippen MR) is 170 cm³/mol. The molecule has 0 bridgehead atoms. The lowest BCUT2D eigenvalue weighted by atomic mass is 9.84. The maximum Gasteiger partial charge on any atom is 0.328 e. The van der Waals surface area contributed by atoms with Crippen molar-refractivity contribution in [2.45, 2.75) is 29.7 Å². The molecule has 0 spiro atoms. The molecule has 3 aromatic carbocycles. The van der Waals surface area contributed by atoms with E-state index in [1.165, 1.54) is 12.1 Å². The van der Waals surface area contributed by atoms with E-state index in [1.807, 2.05) is 4.90 Å². The molecule has 13 nitrogen and oxygen atoms in total. The molecule has 0 aromatic heterocycles. The van der Waals surface area contributed by atoms with Gasteiger partial charge in [-0.15, -0.1) is 0 Å². The third kappa shape index (κ3) is 6.99. The van der Waals surface area contributed by atoms with Crippen molar-refractivity contribution in [2.75, 3.05) is 37.6 Å². The van der Waals surface area contributed by atoms with E-state index in [2.05, 4.69) is 15.4 Å². The van der Waals surface area contributed by atoms with Crippen LogP contribution >= 0.6 is 11.6 Å². The number of nitrogens with two attached hydrogens (primary N) is 1. The molecule has 0 radical (unpaired) electrons. The third-order valence-electron chi connectivity index (χ3n) is 7.81. The Bertz CT molecular complexity index is 1690. The second-order valence-corrected chi connectivity index (χ2v) is 12.9. The quantitative estimate of drug-likeness (QED) is 0.175. The molecule has 0 saturated carbocycles. The van der Waals surface area contributed by atoms with Gasteiger partial charge in [0.25, 0.3) is 21.8 Å². The molecule has 2 heterocycles. The zero-order valence-corrected chi connectivity index (χ0v) is 26.3. The van der Waals surface area contributed by atoms with Crippen LogP contribution in [0.1, 0.15) is 24.8 Å². The Balaban J connectivity index is 1.30. The van der Waals surface area contributed by atoms with Crippen LogP contribution in [0.4, 0.5) is 10.5 Å². The topological polar surface area (TPSA) is 180 Å². The predicted octanol–water partition coefficient (Wildman–Crippen LogP) is 2.45. The zero-order valence-electron chi connectivity index (χ0n) is 24.7. The lowest BCUT2D eigenvalue weighted by molar-refractivity contribution is -0.149. The third-order valence-corrected chi connectivity index (χ3v) is 9.45. The van der Waals surface area contributed by atoms with Crippen molar-refractivity contribution in [3.05, 3.63) is 83.4 Å². The molecule has 5 N–H and O–H groups in total. The summed E-state index contributed by atoms with van der Waals surface area (Å²) in [6.45, 7) is 1.72. The van der Waals surface area contributed by atoms with Gasteiger partial charge in [0.15, 0.2) is 0 Å². The number of halogens is 1. The number of unbranched alkanes of at least 4 members (excludes halogenated alkanes) is 1. The summed E-state index contributed by atoms with van der Waals surface area (Å²) in [6.07, 6.45) is 1.18. The first-order valence-corrected chi connectivity index (χ1v) is 16.5. The number of nitrogens with one attached hydrogen (secondary N) is 3. The fourth-order valence-electron chi connectivity index (χ4n) is 5.48. The molecule has 46 heavy (non-hydrogen) atoms. The molecule has 5 amide bonds. The van der Waals surface area contributed by atoms with E-state index in [4.69, 9.17) is 22.1 Å². The highest BCUT2D eigenvalue weighted by atomic mass is 35.5. The van der Waals surface area contributed by atoms with Crippen LogP contribution in [0.2, 0.25) is 5.02 Å². The highest BCUT2D eigenvalue weighted by molar-refractivity contribution is 7.90. The van der Waals surface area contributed by atoms with Crippen LogP contribution in [-0.4, -0.2) is 69.8 Å². The Morgan fingerprint density at radius 2 is 1.41 bits per heavy atom. The van der Waals surface area contributed by atoms with Gasteiger partial charge in [-0.3, -0.25) is 29.9 Å². The van der Waals surface area contributed by atoms with Gasteiger partial charge in [0.2, 0.25) is 11.4 Å². The van der Waals surface area contributed by atoms with E-state index in [-0.39, 0.29) is 24.4 Å². The van der Waals surface area contributed by atoms with E-state index in [9.17, 15) is 27.6 Å². The number of ether oxygens (including phenoxy) is 1. The average molecular weight is 669 g/mol. The Morgan fingerprint density at radius 1 is 0.848 bits per heavy atom. The molecule has 0 aliphatic carbocycles. The number of benzene rings is 3. The summed E-state index contributed by atoms with van der Waals surface area (Å²) in [5.41, 5.74) is 4.68. The second-order valence-electron chi connectivity index (χ2n) is 10.8. The first-order chi connectivity index (χ1) is 22.0. The maximum absolute atomic E-state index is 13.5. The van der Waals surface area contributed by atoms with Gasteiger partial charge < -0.3 is 15.4 Å². The first-order valence-electron chi connectivity index (χ1n) is 14.6. The Kier molecular flexibility index (Phi) is 9.91. The largest absolute Gasteiger partial charge is 0.457 e. The Morgan fingerprint density at radius 3 is 1.98 bits per heavy atom. The van der Waals surface area contributed by atoms with E-state index in [1.54, 1.807) is 65.6 Å². The van der Waals surface area contributed by atoms with Crippen molar-refractivity contribution < 1.29 is 32.3 Å². The molecule has 3 aromatic rings. The van der Waals surface area contributed by atoms with Crippen LogP contribution in [0.15, 0.2) is 77.7 Å². The molecular formula is C31H33ClN6O7S. The fraction of sp³-hybridized carbons (Fsp3) is 0.290. The number of hydrogen-bond acceptors (Lipinski definition) is 10. The molecule has 0 unspecified atom stereocenters. The summed E-state index contributed by atoms with van der Waals surface area (Å²) in [6, 6.07) is 18.5. The monoisotopic (exact) mass is 668 g/mol. The van der Waals surface area contributed by atoms with Crippen LogP contribution in [0.3, 0.4) is 0 Å². The molecule has 2 fully saturated rings. The zero-order chi connectivity index (χ0) is 32.9. The van der Waals surface area contributed by atoms with Gasteiger partial charge in [-0.2, -0.15) is 0 Å². The van der Waals surface area contributed by atoms with Gasteiger partial charge in [-0.1, -0.05) is 23.7 Å². The van der Waals surface area contributed by atoms with Crippen LogP contribution in [0, 0.1) is 0 Å². The standard InChI is InChI=1S/C31H33ClN6O7S/c32-22-6-12-25(13-7-22)45-24-10-4-21(5-11-24)31(28(40)34-30(42)35-29(31)41)38-19-17-37(18-20-38)23-8-14-26(15-9-23)46(43,44)36-27(39)3-1-2-16-33/h4-15H,1-3,16-20,33H2,(H,36,39)(H2,34,35,40,41,42). The van der Waals surface area contributed by atoms with E-state index in [0.717, 1.165) is 5.69 Å². The molecule has 2 saturated heterocycles. The number of hydrogen-bond donors (Lipinski definition) is 4. The van der Waals surface area contributed by atoms with Gasteiger partial charge in [0.05, 0.1) is 4.90 Å². The highest BCUT2D eigenvalue weighted by Crippen LogP contribution is 2.35. The van der Waals surface area contributed by atoms with Gasteiger partial charge >= 0.3 is 6.03 Å². The Hall–Kier alpha value is -4.50. The van der Waals surface area contributed by atoms with Crippen molar-refractivity contribution in [2.24, 2.45) is 5.73 Å². The smallest absolute Gasteiger partial charge is 0.328 e. The van der Waals surface area contributed by atoms with Crippen molar-refractivity contribution in [3.8, 4) is 11.5 Å². The summed E-state index contributed by atoms with van der Waals surface area (Å²) in [7, 11) is -4.03. The number of sulfonamides is 1. The molecular weight excluding hydrogens is 636 g/mol. The van der Waals surface area contributed by atoms with E-state index >= 15 is 0 Å². The second kappa shape index (κ2) is 13.9. The lowest BCUT2D eigenvalue weighted by Crippen LogP contribution is -2.73. The number of rotatable bonds is 11. The molecule has 0 atom stereocenters. The summed E-state index contributed by atoms with van der Waals surface area (Å²) < 4.78 is 33.3. The van der Waals surface area contributed by atoms with E-state index < -0.39 is 39.3 Å². The average Bonchev–Trinajstić information content (AvgIpc) is 3.03. The van der Waals surface area contributed by atoms with Gasteiger partial charge in [-0.25, -0.2) is 17.9 Å². The van der Waals surface area contributed by atoms with Gasteiger partial charge in [0.1, 0.15) is 11.5 Å². The minimum Gasteiger partial charge on any atom is -0.457 e. The summed E-state index contributed by atoms with van der Waals surface area (Å²) in [5.74, 6) is -1.10. The van der Waals surface area contributed by atoms with Crippen molar-refractivity contribution in [3.63, 3.8) is 0 Å². The van der Waals surface area contributed by atoms with Gasteiger partial charge in [0, 0.05) is 43.3 Å². The van der Waals surface area contributed by atoms with Crippen molar-refractivity contribution in [1.29, 1.82) is 0 Å². The molecule has 2 aliphatic heterocycles. The fourth-order valence-corrected chi connectivity index (χ4v) is 6.62. The number of urea groups is 1. The molecule has 2 aliphatic rings. The van der Waals surface area contributed by atoms with Gasteiger partial charge in [-0.05, 0) is 85.6 Å². The lowest BCUT2D eigenvalue weighted by Gasteiger charge is -2.47. The van der Waals surface area contributed by atoms with Crippen molar-refractivity contribution >= 4 is 51.1 Å². The number of anilines is 1. The van der Waals surface area contributed by atoms with Crippen LogP contribution in [0.5, 0.6) is 11.5 Å². The summed E-state index contributed by atoms with van der Waals surface area (Å²) >= 11 is 5.95. The first kappa shape index (κ1) is 32.9. The molecule has 15 heteroatoms. The summed E-state index contributed by atoms with van der Waals surface area (Å²) in [5, 5.41) is 5.06. The molecule has 5 rings (SSSR count). The number of barbiturate groups is 1. The van der Waals surface area contributed by atoms with Crippen LogP contribution in [0.25, 0.3) is 0 Å². The highest BCUT2D eigenvalue weighted by Gasteiger charge is 2.56. The Labute approximate surface area is 271 Å².